The molecule has 2 aromatic rings. The normalized spacial score (nSPS) is 14.3. The van der Waals surface area contributed by atoms with Crippen LogP contribution in [-0.2, 0) is 33.1 Å². The first-order chi connectivity index (χ1) is 14.3. The molecule has 1 saturated carbocycles. The van der Waals surface area contributed by atoms with Crippen molar-refractivity contribution < 1.29 is 17.9 Å². The van der Waals surface area contributed by atoms with E-state index in [2.05, 4.69) is 0 Å². The number of carbonyl (C=O) groups is 1. The third kappa shape index (κ3) is 5.63. The predicted octanol–water partition coefficient (Wildman–Crippen LogP) is 2.90. The van der Waals surface area contributed by atoms with Gasteiger partial charge in [-0.15, -0.1) is 0 Å². The Kier molecular flexibility index (Phi) is 7.57. The molecule has 1 heterocycles. The molecule has 1 fully saturated rings. The average Bonchev–Trinajstić information content (AvgIpc) is 3.47. The van der Waals surface area contributed by atoms with E-state index in [0.717, 1.165) is 18.5 Å². The van der Waals surface area contributed by atoms with Gasteiger partial charge in [-0.1, -0.05) is 11.6 Å². The summed E-state index contributed by atoms with van der Waals surface area (Å²) in [6.07, 6.45) is 4.33. The van der Waals surface area contributed by atoms with E-state index in [1.165, 1.54) is 28.6 Å². The summed E-state index contributed by atoms with van der Waals surface area (Å²) in [6, 6.07) is 10.1. The SMILES string of the molecule is COCCCN(CC(=O)N(Cc1cccn1C)C1CC1)S(=O)(=O)c1ccc(Cl)cc1. The van der Waals surface area contributed by atoms with Gasteiger partial charge in [-0.25, -0.2) is 8.42 Å². The van der Waals surface area contributed by atoms with Crippen LogP contribution >= 0.6 is 11.6 Å². The van der Waals surface area contributed by atoms with Gasteiger partial charge in [-0.2, -0.15) is 4.31 Å². The molecule has 0 spiro atoms. The van der Waals surface area contributed by atoms with Crippen LogP contribution in [0, 0.1) is 0 Å². The largest absolute Gasteiger partial charge is 0.385 e. The first-order valence-electron chi connectivity index (χ1n) is 9.97. The molecular formula is C21H28ClN3O4S. The molecule has 7 nitrogen and oxygen atoms in total. The quantitative estimate of drug-likeness (QED) is 0.490. The summed E-state index contributed by atoms with van der Waals surface area (Å²) in [5, 5.41) is 0.457. The van der Waals surface area contributed by atoms with Crippen molar-refractivity contribution in [3.63, 3.8) is 0 Å². The zero-order chi connectivity index (χ0) is 21.7. The molecule has 1 aromatic heterocycles. The van der Waals surface area contributed by atoms with Crippen LogP contribution in [0.1, 0.15) is 25.0 Å². The standard InChI is InChI=1S/C21H28ClN3O4S/c1-23-12-3-5-19(23)15-25(18-8-9-18)21(26)16-24(13-4-14-29-2)30(27,28)20-10-6-17(22)7-11-20/h3,5-7,10-12,18H,4,8-9,13-16H2,1-2H3. The molecule has 0 atom stereocenters. The summed E-state index contributed by atoms with van der Waals surface area (Å²) >= 11 is 5.90. The number of methoxy groups -OCH3 is 1. The lowest BCUT2D eigenvalue weighted by Crippen LogP contribution is -2.44. The van der Waals surface area contributed by atoms with Gasteiger partial charge in [-0.05, 0) is 55.7 Å². The Balaban J connectivity index is 1.79. The second kappa shape index (κ2) is 9.96. The Bertz CT molecular complexity index is 955. The van der Waals surface area contributed by atoms with Crippen LogP contribution in [0.3, 0.4) is 0 Å². The van der Waals surface area contributed by atoms with Crippen molar-refractivity contribution in [3.8, 4) is 0 Å². The Labute approximate surface area is 183 Å². The zero-order valence-electron chi connectivity index (χ0n) is 17.3. The zero-order valence-corrected chi connectivity index (χ0v) is 18.9. The number of hydrogen-bond donors (Lipinski definition) is 0. The minimum absolute atomic E-state index is 0.123. The lowest BCUT2D eigenvalue weighted by atomic mass is 10.3. The van der Waals surface area contributed by atoms with E-state index in [0.29, 0.717) is 24.6 Å². The fourth-order valence-corrected chi connectivity index (χ4v) is 4.86. The molecule has 3 rings (SSSR count). The summed E-state index contributed by atoms with van der Waals surface area (Å²) < 4.78 is 34.7. The molecule has 1 aromatic carbocycles. The molecule has 1 aliphatic rings. The van der Waals surface area contributed by atoms with Crippen molar-refractivity contribution >= 4 is 27.5 Å². The molecule has 164 valence electrons. The second-order valence-electron chi connectivity index (χ2n) is 7.50. The molecule has 1 amide bonds. The number of benzene rings is 1. The number of rotatable bonds is 11. The van der Waals surface area contributed by atoms with Gasteiger partial charge < -0.3 is 14.2 Å². The summed E-state index contributed by atoms with van der Waals surface area (Å²) in [4.78, 5) is 15.1. The minimum Gasteiger partial charge on any atom is -0.385 e. The highest BCUT2D eigenvalue weighted by atomic mass is 35.5. The maximum absolute atomic E-state index is 13.2. The van der Waals surface area contributed by atoms with Crippen LogP contribution in [0.2, 0.25) is 5.02 Å². The number of halogens is 1. The maximum atomic E-state index is 13.2. The smallest absolute Gasteiger partial charge is 0.243 e. The van der Waals surface area contributed by atoms with Gasteiger partial charge in [0.2, 0.25) is 15.9 Å². The first-order valence-corrected chi connectivity index (χ1v) is 11.8. The predicted molar refractivity (Wildman–Crippen MR) is 116 cm³/mol. The van der Waals surface area contributed by atoms with E-state index in [1.54, 1.807) is 12.0 Å². The third-order valence-corrected chi connectivity index (χ3v) is 7.32. The van der Waals surface area contributed by atoms with Crippen molar-refractivity contribution in [2.24, 2.45) is 7.05 Å². The molecule has 0 N–H and O–H groups in total. The van der Waals surface area contributed by atoms with Crippen molar-refractivity contribution in [1.29, 1.82) is 0 Å². The van der Waals surface area contributed by atoms with Gasteiger partial charge in [0.15, 0.2) is 0 Å². The number of aromatic nitrogens is 1. The van der Waals surface area contributed by atoms with E-state index >= 15 is 0 Å². The molecule has 0 bridgehead atoms. The van der Waals surface area contributed by atoms with Crippen LogP contribution in [0.5, 0.6) is 0 Å². The Hall–Kier alpha value is -1.87. The molecular weight excluding hydrogens is 426 g/mol. The fourth-order valence-electron chi connectivity index (χ4n) is 3.31. The van der Waals surface area contributed by atoms with E-state index < -0.39 is 10.0 Å². The molecule has 0 radical (unpaired) electrons. The monoisotopic (exact) mass is 453 g/mol. The summed E-state index contributed by atoms with van der Waals surface area (Å²) in [6.45, 7) is 0.888. The van der Waals surface area contributed by atoms with Gasteiger partial charge in [0.05, 0.1) is 18.0 Å². The van der Waals surface area contributed by atoms with E-state index in [9.17, 15) is 13.2 Å². The van der Waals surface area contributed by atoms with E-state index in [1.807, 2.05) is 29.9 Å². The number of aryl methyl sites for hydroxylation is 1. The first kappa shape index (κ1) is 22.8. The fraction of sp³-hybridized carbons (Fsp3) is 0.476. The Morgan fingerprint density at radius 3 is 2.50 bits per heavy atom. The van der Waals surface area contributed by atoms with Crippen molar-refractivity contribution in [2.45, 2.75) is 36.7 Å². The van der Waals surface area contributed by atoms with E-state index in [4.69, 9.17) is 16.3 Å². The van der Waals surface area contributed by atoms with Gasteiger partial charge in [0.25, 0.3) is 0 Å². The molecule has 0 unspecified atom stereocenters. The number of carbonyl (C=O) groups excluding carboxylic acids is 1. The number of nitrogens with zero attached hydrogens (tertiary/aromatic N) is 3. The van der Waals surface area contributed by atoms with Crippen molar-refractivity contribution in [1.82, 2.24) is 13.8 Å². The molecule has 0 aliphatic heterocycles. The minimum atomic E-state index is -3.84. The maximum Gasteiger partial charge on any atom is 0.243 e. The third-order valence-electron chi connectivity index (χ3n) is 5.21. The molecule has 9 heteroatoms. The van der Waals surface area contributed by atoms with Crippen LogP contribution in [0.4, 0.5) is 0 Å². The van der Waals surface area contributed by atoms with E-state index in [-0.39, 0.29) is 29.9 Å². The van der Waals surface area contributed by atoms with Gasteiger partial charge in [0.1, 0.15) is 0 Å². The van der Waals surface area contributed by atoms with Crippen LogP contribution in [0.15, 0.2) is 47.5 Å². The topological polar surface area (TPSA) is 71.8 Å². The van der Waals surface area contributed by atoms with Crippen LogP contribution in [0.25, 0.3) is 0 Å². The highest BCUT2D eigenvalue weighted by Gasteiger charge is 2.35. The number of amides is 1. The highest BCUT2D eigenvalue weighted by molar-refractivity contribution is 7.89. The van der Waals surface area contributed by atoms with Crippen molar-refractivity contribution in [2.75, 3.05) is 26.8 Å². The van der Waals surface area contributed by atoms with Crippen LogP contribution in [-0.4, -0.2) is 60.9 Å². The highest BCUT2D eigenvalue weighted by Crippen LogP contribution is 2.29. The molecule has 30 heavy (non-hydrogen) atoms. The number of sulfonamides is 1. The van der Waals surface area contributed by atoms with Gasteiger partial charge in [-0.3, -0.25) is 4.79 Å². The Morgan fingerprint density at radius 1 is 1.23 bits per heavy atom. The lowest BCUT2D eigenvalue weighted by Gasteiger charge is -2.27. The average molecular weight is 454 g/mol. The summed E-state index contributed by atoms with van der Waals surface area (Å²) in [7, 11) is -0.331. The van der Waals surface area contributed by atoms with Crippen LogP contribution < -0.4 is 0 Å². The lowest BCUT2D eigenvalue weighted by molar-refractivity contribution is -0.132. The number of ether oxygens (including phenoxy) is 1. The second-order valence-corrected chi connectivity index (χ2v) is 9.88. The summed E-state index contributed by atoms with van der Waals surface area (Å²) in [5.41, 5.74) is 1.02. The number of hydrogen-bond acceptors (Lipinski definition) is 4. The molecule has 1 aliphatic carbocycles. The molecule has 0 saturated heterocycles. The van der Waals surface area contributed by atoms with Gasteiger partial charge in [0, 0.05) is 50.3 Å². The van der Waals surface area contributed by atoms with Crippen molar-refractivity contribution in [3.05, 3.63) is 53.3 Å². The summed E-state index contributed by atoms with van der Waals surface area (Å²) in [5.74, 6) is -0.186. The van der Waals surface area contributed by atoms with Gasteiger partial charge >= 0.3 is 0 Å². The Morgan fingerprint density at radius 2 is 1.93 bits per heavy atom.